The molecule has 0 aromatic carbocycles. The van der Waals surface area contributed by atoms with E-state index in [0.29, 0.717) is 24.4 Å². The molecule has 0 saturated carbocycles. The summed E-state index contributed by atoms with van der Waals surface area (Å²) in [7, 11) is -1.92. The van der Waals surface area contributed by atoms with Gasteiger partial charge in [-0.25, -0.2) is 9.78 Å². The van der Waals surface area contributed by atoms with E-state index in [1.54, 1.807) is 6.20 Å². The standard InChI is InChI=1S/C23H31Cl3N4O3Si/c1-13(2)17-18(14(8-10-27-17)9-11-33-34(6,7)23(3,4)5)28-22(32)30-21(31)15-12-16(24)20(26)29-19(15)25/h8,10,12-13H,9,11H2,1-7H3,(H2,28,30,31,32). The molecule has 2 heterocycles. The summed E-state index contributed by atoms with van der Waals surface area (Å²) in [6.07, 6.45) is 2.30. The largest absolute Gasteiger partial charge is 0.416 e. The van der Waals surface area contributed by atoms with Crippen molar-refractivity contribution in [2.45, 2.75) is 65.1 Å². The molecule has 186 valence electrons. The number of anilines is 1. The van der Waals surface area contributed by atoms with Gasteiger partial charge < -0.3 is 9.74 Å². The Balaban J connectivity index is 2.21. The highest BCUT2D eigenvalue weighted by molar-refractivity contribution is 6.74. The number of carbonyl (C=O) groups excluding carboxylic acids is 2. The fourth-order valence-electron chi connectivity index (χ4n) is 2.86. The average molecular weight is 546 g/mol. The lowest BCUT2D eigenvalue weighted by Gasteiger charge is -2.36. The number of nitrogens with zero attached hydrogens (tertiary/aromatic N) is 2. The van der Waals surface area contributed by atoms with Gasteiger partial charge in [0, 0.05) is 12.8 Å². The van der Waals surface area contributed by atoms with Crippen LogP contribution >= 0.6 is 34.8 Å². The van der Waals surface area contributed by atoms with Gasteiger partial charge in [0.2, 0.25) is 0 Å². The van der Waals surface area contributed by atoms with Crippen molar-refractivity contribution in [3.63, 3.8) is 0 Å². The monoisotopic (exact) mass is 544 g/mol. The number of hydrogen-bond donors (Lipinski definition) is 2. The van der Waals surface area contributed by atoms with Crippen LogP contribution in [0.1, 0.15) is 62.2 Å². The Labute approximate surface area is 217 Å². The molecule has 0 unspecified atom stereocenters. The molecule has 2 N–H and O–H groups in total. The number of nitrogens with one attached hydrogen (secondary N) is 2. The maximum absolute atomic E-state index is 12.7. The van der Waals surface area contributed by atoms with Crippen LogP contribution in [0, 0.1) is 0 Å². The predicted molar refractivity (Wildman–Crippen MR) is 141 cm³/mol. The molecule has 34 heavy (non-hydrogen) atoms. The van der Waals surface area contributed by atoms with Gasteiger partial charge in [0.1, 0.15) is 10.3 Å². The Kier molecular flexibility index (Phi) is 9.52. The van der Waals surface area contributed by atoms with Crippen molar-refractivity contribution in [1.29, 1.82) is 0 Å². The smallest absolute Gasteiger partial charge is 0.326 e. The molecule has 0 bridgehead atoms. The SMILES string of the molecule is CC(C)c1nccc(CCO[Si](C)(C)C(C)(C)C)c1NC(=O)NC(=O)c1cc(Cl)c(Cl)nc1Cl. The molecule has 0 radical (unpaired) electrons. The van der Waals surface area contributed by atoms with E-state index in [-0.39, 0.29) is 31.8 Å². The van der Waals surface area contributed by atoms with Crippen LogP contribution in [0.4, 0.5) is 10.5 Å². The van der Waals surface area contributed by atoms with Gasteiger partial charge in [0.05, 0.1) is 22.0 Å². The summed E-state index contributed by atoms with van der Waals surface area (Å²) in [5.41, 5.74) is 2.07. The van der Waals surface area contributed by atoms with Gasteiger partial charge in [0.25, 0.3) is 5.91 Å². The van der Waals surface area contributed by atoms with Crippen molar-refractivity contribution in [3.8, 4) is 0 Å². The predicted octanol–water partition coefficient (Wildman–Crippen LogP) is 7.09. The van der Waals surface area contributed by atoms with E-state index in [1.807, 2.05) is 19.9 Å². The fraction of sp³-hybridized carbons (Fsp3) is 0.478. The molecular weight excluding hydrogens is 515 g/mol. The van der Waals surface area contributed by atoms with Crippen molar-refractivity contribution in [1.82, 2.24) is 15.3 Å². The topological polar surface area (TPSA) is 93.2 Å². The normalized spacial score (nSPS) is 12.1. The molecule has 11 heteroatoms. The van der Waals surface area contributed by atoms with Gasteiger partial charge in [-0.1, -0.05) is 69.4 Å². The first kappa shape index (κ1) is 28.5. The minimum atomic E-state index is -1.92. The van der Waals surface area contributed by atoms with E-state index in [0.717, 1.165) is 5.56 Å². The summed E-state index contributed by atoms with van der Waals surface area (Å²) in [4.78, 5) is 33.5. The third-order valence-electron chi connectivity index (χ3n) is 5.85. The molecule has 3 amide bonds. The first-order chi connectivity index (χ1) is 15.6. The van der Waals surface area contributed by atoms with Crippen LogP contribution in [0.3, 0.4) is 0 Å². The fourth-order valence-corrected chi connectivity index (χ4v) is 4.47. The number of imide groups is 1. The number of halogens is 3. The first-order valence-corrected chi connectivity index (χ1v) is 14.9. The van der Waals surface area contributed by atoms with E-state index in [9.17, 15) is 9.59 Å². The maximum atomic E-state index is 12.7. The number of pyridine rings is 2. The molecule has 2 rings (SSSR count). The van der Waals surface area contributed by atoms with Crippen LogP contribution in [0.2, 0.25) is 33.5 Å². The lowest BCUT2D eigenvalue weighted by Crippen LogP contribution is -2.41. The maximum Gasteiger partial charge on any atom is 0.326 e. The molecule has 2 aromatic rings. The zero-order valence-electron chi connectivity index (χ0n) is 20.5. The molecule has 2 aromatic heterocycles. The van der Waals surface area contributed by atoms with Crippen molar-refractivity contribution in [3.05, 3.63) is 50.5 Å². The summed E-state index contributed by atoms with van der Waals surface area (Å²) in [5.74, 6) is -0.715. The Hall–Kier alpha value is -1.71. The molecule has 0 aliphatic carbocycles. The molecule has 0 atom stereocenters. The number of rotatable bonds is 7. The third-order valence-corrected chi connectivity index (χ3v) is 11.4. The highest BCUT2D eigenvalue weighted by Crippen LogP contribution is 2.37. The number of aromatic nitrogens is 2. The zero-order valence-corrected chi connectivity index (χ0v) is 23.7. The van der Waals surface area contributed by atoms with Crippen molar-refractivity contribution < 1.29 is 14.0 Å². The number of amides is 3. The van der Waals surface area contributed by atoms with E-state index >= 15 is 0 Å². The first-order valence-electron chi connectivity index (χ1n) is 10.9. The summed E-state index contributed by atoms with van der Waals surface area (Å²) in [6, 6.07) is 2.38. The molecule has 0 aliphatic rings. The molecule has 7 nitrogen and oxygen atoms in total. The van der Waals surface area contributed by atoms with E-state index < -0.39 is 20.3 Å². The van der Waals surface area contributed by atoms with Crippen molar-refractivity contribution in [2.24, 2.45) is 0 Å². The lowest BCUT2D eigenvalue weighted by molar-refractivity contribution is 0.0967. The Bertz CT molecular complexity index is 1070. The van der Waals surface area contributed by atoms with Crippen LogP contribution in [-0.4, -0.2) is 36.8 Å². The van der Waals surface area contributed by atoms with Gasteiger partial charge in [-0.3, -0.25) is 15.1 Å². The second kappa shape index (κ2) is 11.3. The van der Waals surface area contributed by atoms with Crippen molar-refractivity contribution >= 4 is 60.7 Å². The van der Waals surface area contributed by atoms with E-state index in [4.69, 9.17) is 39.2 Å². The molecule has 0 saturated heterocycles. The number of urea groups is 1. The van der Waals surface area contributed by atoms with Gasteiger partial charge in [-0.2, -0.15) is 0 Å². The second-order valence-corrected chi connectivity index (χ2v) is 15.7. The van der Waals surface area contributed by atoms with Crippen molar-refractivity contribution in [2.75, 3.05) is 11.9 Å². The molecule has 0 fully saturated rings. The molecular formula is C23H31Cl3N4O3Si. The Morgan fingerprint density at radius 3 is 2.38 bits per heavy atom. The van der Waals surface area contributed by atoms with E-state index in [1.165, 1.54) is 6.07 Å². The summed E-state index contributed by atoms with van der Waals surface area (Å²) in [5, 5.41) is 4.99. The van der Waals surface area contributed by atoms with Gasteiger partial charge in [-0.15, -0.1) is 0 Å². The summed E-state index contributed by atoms with van der Waals surface area (Å²) >= 11 is 17.7. The van der Waals surface area contributed by atoms with Crippen LogP contribution in [0.15, 0.2) is 18.3 Å². The minimum absolute atomic E-state index is 0.0332. The zero-order chi connectivity index (χ0) is 25.8. The summed E-state index contributed by atoms with van der Waals surface area (Å²) in [6.45, 7) is 15.4. The number of carbonyl (C=O) groups is 2. The van der Waals surface area contributed by atoms with Crippen LogP contribution in [0.5, 0.6) is 0 Å². The lowest BCUT2D eigenvalue weighted by atomic mass is 10.0. The molecule has 0 aliphatic heterocycles. The average Bonchev–Trinajstić information content (AvgIpc) is 2.70. The molecule has 0 spiro atoms. The second-order valence-electron chi connectivity index (χ2n) is 9.75. The van der Waals surface area contributed by atoms with Gasteiger partial charge in [-0.05, 0) is 48.2 Å². The van der Waals surface area contributed by atoms with Crippen LogP contribution < -0.4 is 10.6 Å². The summed E-state index contributed by atoms with van der Waals surface area (Å²) < 4.78 is 6.31. The van der Waals surface area contributed by atoms with Gasteiger partial charge >= 0.3 is 6.03 Å². The van der Waals surface area contributed by atoms with Crippen LogP contribution in [-0.2, 0) is 10.8 Å². The minimum Gasteiger partial charge on any atom is -0.416 e. The quantitative estimate of drug-likeness (QED) is 0.286. The van der Waals surface area contributed by atoms with Crippen LogP contribution in [0.25, 0.3) is 0 Å². The highest BCUT2D eigenvalue weighted by atomic mass is 35.5. The Morgan fingerprint density at radius 2 is 1.79 bits per heavy atom. The number of hydrogen-bond acceptors (Lipinski definition) is 5. The Morgan fingerprint density at radius 1 is 1.15 bits per heavy atom. The van der Waals surface area contributed by atoms with E-state index in [2.05, 4.69) is 54.5 Å². The highest BCUT2D eigenvalue weighted by Gasteiger charge is 2.37. The third kappa shape index (κ3) is 7.15. The van der Waals surface area contributed by atoms with Gasteiger partial charge in [0.15, 0.2) is 8.32 Å².